The van der Waals surface area contributed by atoms with E-state index in [4.69, 9.17) is 5.11 Å². The maximum atomic E-state index is 11.0. The van der Waals surface area contributed by atoms with E-state index in [1.165, 1.54) is 19.3 Å². The molecule has 0 aromatic carbocycles. The van der Waals surface area contributed by atoms with Crippen molar-refractivity contribution in [1.29, 1.82) is 0 Å². The molecule has 0 spiro atoms. The molecule has 0 amide bonds. The Labute approximate surface area is 97.1 Å². The van der Waals surface area contributed by atoms with Crippen LogP contribution in [0.25, 0.3) is 0 Å². The van der Waals surface area contributed by atoms with Crippen molar-refractivity contribution < 1.29 is 9.90 Å². The van der Waals surface area contributed by atoms with Crippen LogP contribution in [-0.4, -0.2) is 35.0 Å². The Morgan fingerprint density at radius 1 is 1.56 bits per heavy atom. The molecule has 1 aliphatic carbocycles. The number of fused-ring (bicyclic) bond motifs is 1. The Kier molecular flexibility index (Phi) is 3.64. The first-order chi connectivity index (χ1) is 7.77. The standard InChI is InChI=1S/C13H21NO2/c1-10(6-7-15)14-8-11(9-16)12-4-2-3-5-13(12)14/h8-10,12-13,15H,2-7H2,1H3/t10-,12-,13-/m1/s1. The van der Waals surface area contributed by atoms with Crippen LogP contribution in [-0.2, 0) is 4.79 Å². The van der Waals surface area contributed by atoms with E-state index in [1.807, 2.05) is 6.20 Å². The first kappa shape index (κ1) is 11.6. The van der Waals surface area contributed by atoms with Crippen LogP contribution >= 0.6 is 0 Å². The second-order valence-electron chi connectivity index (χ2n) is 5.01. The van der Waals surface area contributed by atoms with Crippen molar-refractivity contribution in [3.63, 3.8) is 0 Å². The van der Waals surface area contributed by atoms with Crippen LogP contribution in [0.4, 0.5) is 0 Å². The number of hydrogen-bond donors (Lipinski definition) is 1. The highest BCUT2D eigenvalue weighted by atomic mass is 16.3. The van der Waals surface area contributed by atoms with Crippen molar-refractivity contribution in [2.45, 2.75) is 51.1 Å². The molecular weight excluding hydrogens is 202 g/mol. The average molecular weight is 223 g/mol. The van der Waals surface area contributed by atoms with E-state index >= 15 is 0 Å². The maximum Gasteiger partial charge on any atom is 0.147 e. The first-order valence-corrected chi connectivity index (χ1v) is 6.33. The summed E-state index contributed by atoms with van der Waals surface area (Å²) in [7, 11) is 0. The van der Waals surface area contributed by atoms with E-state index in [2.05, 4.69) is 11.8 Å². The molecule has 3 heteroatoms. The van der Waals surface area contributed by atoms with Gasteiger partial charge in [0.1, 0.15) is 6.29 Å². The summed E-state index contributed by atoms with van der Waals surface area (Å²) in [5, 5.41) is 9.00. The SMILES string of the molecule is C[C@H](CCO)N1C=C(C=O)[C@H]2CCCC[C@H]21. The summed E-state index contributed by atoms with van der Waals surface area (Å²) in [5.74, 6) is 0.451. The van der Waals surface area contributed by atoms with Gasteiger partial charge in [0.15, 0.2) is 0 Å². The highest BCUT2D eigenvalue weighted by Gasteiger charge is 2.38. The van der Waals surface area contributed by atoms with E-state index in [9.17, 15) is 4.79 Å². The topological polar surface area (TPSA) is 40.5 Å². The van der Waals surface area contributed by atoms with Crippen LogP contribution in [0.3, 0.4) is 0 Å². The average Bonchev–Trinajstić information content (AvgIpc) is 2.68. The van der Waals surface area contributed by atoms with Crippen LogP contribution in [0.2, 0.25) is 0 Å². The Bertz CT molecular complexity index is 288. The molecule has 2 aliphatic rings. The van der Waals surface area contributed by atoms with Gasteiger partial charge in [0.05, 0.1) is 0 Å². The second kappa shape index (κ2) is 5.00. The van der Waals surface area contributed by atoms with Gasteiger partial charge < -0.3 is 10.0 Å². The highest BCUT2D eigenvalue weighted by Crippen LogP contribution is 2.39. The molecule has 1 saturated carbocycles. The van der Waals surface area contributed by atoms with Gasteiger partial charge in [-0.3, -0.25) is 4.79 Å². The largest absolute Gasteiger partial charge is 0.396 e. The van der Waals surface area contributed by atoms with Crippen molar-refractivity contribution in [1.82, 2.24) is 4.90 Å². The zero-order valence-corrected chi connectivity index (χ0v) is 9.93. The van der Waals surface area contributed by atoms with Crippen molar-refractivity contribution in [2.24, 2.45) is 5.92 Å². The number of rotatable bonds is 4. The third-order valence-corrected chi connectivity index (χ3v) is 4.03. The molecule has 0 unspecified atom stereocenters. The van der Waals surface area contributed by atoms with Crippen LogP contribution < -0.4 is 0 Å². The minimum absolute atomic E-state index is 0.222. The molecule has 1 aliphatic heterocycles. The van der Waals surface area contributed by atoms with Crippen molar-refractivity contribution in [3.05, 3.63) is 11.8 Å². The van der Waals surface area contributed by atoms with Crippen LogP contribution in [0.5, 0.6) is 0 Å². The molecule has 3 atom stereocenters. The fourth-order valence-corrected chi connectivity index (χ4v) is 3.13. The summed E-state index contributed by atoms with van der Waals surface area (Å²) in [4.78, 5) is 13.4. The summed E-state index contributed by atoms with van der Waals surface area (Å²) < 4.78 is 0. The third-order valence-electron chi connectivity index (χ3n) is 4.03. The molecule has 0 saturated heterocycles. The normalized spacial score (nSPS) is 30.9. The number of aliphatic hydroxyl groups is 1. The zero-order valence-electron chi connectivity index (χ0n) is 9.93. The maximum absolute atomic E-state index is 11.0. The molecule has 0 aromatic rings. The van der Waals surface area contributed by atoms with E-state index < -0.39 is 0 Å². The quantitative estimate of drug-likeness (QED) is 0.738. The van der Waals surface area contributed by atoms with Gasteiger partial charge in [-0.05, 0) is 26.2 Å². The fourth-order valence-electron chi connectivity index (χ4n) is 3.13. The number of nitrogens with zero attached hydrogens (tertiary/aromatic N) is 1. The van der Waals surface area contributed by atoms with Crippen molar-refractivity contribution >= 4 is 6.29 Å². The minimum Gasteiger partial charge on any atom is -0.396 e. The van der Waals surface area contributed by atoms with E-state index in [1.54, 1.807) is 0 Å². The summed E-state index contributed by atoms with van der Waals surface area (Å²) in [6.45, 7) is 2.35. The molecule has 0 bridgehead atoms. The van der Waals surface area contributed by atoms with Gasteiger partial charge in [-0.15, -0.1) is 0 Å². The van der Waals surface area contributed by atoms with Gasteiger partial charge in [-0.2, -0.15) is 0 Å². The molecule has 90 valence electrons. The summed E-state index contributed by atoms with van der Waals surface area (Å²) in [6, 6.07) is 0.851. The Hall–Kier alpha value is -0.830. The van der Waals surface area contributed by atoms with Gasteiger partial charge in [0, 0.05) is 36.4 Å². The second-order valence-corrected chi connectivity index (χ2v) is 5.01. The molecule has 3 nitrogen and oxygen atoms in total. The van der Waals surface area contributed by atoms with Gasteiger partial charge in [-0.25, -0.2) is 0 Å². The Morgan fingerprint density at radius 2 is 2.31 bits per heavy atom. The lowest BCUT2D eigenvalue weighted by Gasteiger charge is -2.37. The van der Waals surface area contributed by atoms with Gasteiger partial charge in [-0.1, -0.05) is 12.8 Å². The van der Waals surface area contributed by atoms with Crippen molar-refractivity contribution in [2.75, 3.05) is 6.61 Å². The summed E-state index contributed by atoms with van der Waals surface area (Å²) in [6.07, 6.45) is 8.69. The monoisotopic (exact) mass is 223 g/mol. The zero-order chi connectivity index (χ0) is 11.5. The molecule has 0 aromatic heterocycles. The van der Waals surface area contributed by atoms with Crippen LogP contribution in [0.15, 0.2) is 11.8 Å². The molecule has 1 heterocycles. The Morgan fingerprint density at radius 3 is 3.00 bits per heavy atom. The van der Waals surface area contributed by atoms with Gasteiger partial charge in [0.25, 0.3) is 0 Å². The highest BCUT2D eigenvalue weighted by molar-refractivity contribution is 5.75. The first-order valence-electron chi connectivity index (χ1n) is 6.33. The summed E-state index contributed by atoms with van der Waals surface area (Å²) >= 11 is 0. The number of carbonyl (C=O) groups is 1. The van der Waals surface area contributed by atoms with Gasteiger partial charge >= 0.3 is 0 Å². The number of carbonyl (C=O) groups excluding carboxylic acids is 1. The predicted molar refractivity (Wildman–Crippen MR) is 62.9 cm³/mol. The smallest absolute Gasteiger partial charge is 0.147 e. The number of aldehydes is 1. The molecule has 1 fully saturated rings. The third kappa shape index (κ3) is 2.01. The van der Waals surface area contributed by atoms with E-state index in [0.29, 0.717) is 18.0 Å². The number of hydrogen-bond acceptors (Lipinski definition) is 3. The molecule has 0 radical (unpaired) electrons. The summed E-state index contributed by atoms with van der Waals surface area (Å²) in [5.41, 5.74) is 0.967. The minimum atomic E-state index is 0.222. The molecule has 2 rings (SSSR count). The van der Waals surface area contributed by atoms with Crippen LogP contribution in [0.1, 0.15) is 39.0 Å². The molecule has 16 heavy (non-hydrogen) atoms. The van der Waals surface area contributed by atoms with Crippen LogP contribution in [0, 0.1) is 5.92 Å². The number of aliphatic hydroxyl groups excluding tert-OH is 1. The fraction of sp³-hybridized carbons (Fsp3) is 0.769. The molecular formula is C13H21NO2. The van der Waals surface area contributed by atoms with Crippen molar-refractivity contribution in [3.8, 4) is 0 Å². The lowest BCUT2D eigenvalue weighted by Crippen LogP contribution is -2.40. The van der Waals surface area contributed by atoms with E-state index in [-0.39, 0.29) is 6.61 Å². The molecule has 1 N–H and O–H groups in total. The lowest BCUT2D eigenvalue weighted by molar-refractivity contribution is -0.105. The predicted octanol–water partition coefficient (Wildman–Crippen LogP) is 1.71. The lowest BCUT2D eigenvalue weighted by atomic mass is 9.82. The van der Waals surface area contributed by atoms with Gasteiger partial charge in [0.2, 0.25) is 0 Å². The van der Waals surface area contributed by atoms with E-state index in [0.717, 1.165) is 24.7 Å². The Balaban J connectivity index is 2.12.